The third-order valence-electron chi connectivity index (χ3n) is 5.50. The molecule has 0 aromatic heterocycles. The van der Waals surface area contributed by atoms with Gasteiger partial charge >= 0.3 is 0 Å². The molecule has 3 aromatic carbocycles. The second-order valence-electron chi connectivity index (χ2n) is 7.15. The Balaban J connectivity index is 1.44. The van der Waals surface area contributed by atoms with Crippen LogP contribution in [0, 0.1) is 5.82 Å². The van der Waals surface area contributed by atoms with Gasteiger partial charge in [-0.3, -0.25) is 4.90 Å². The van der Waals surface area contributed by atoms with Crippen LogP contribution in [0.4, 0.5) is 4.39 Å². The third-order valence-corrected chi connectivity index (χ3v) is 5.50. The average molecular weight is 357 g/mol. The summed E-state index contributed by atoms with van der Waals surface area (Å²) in [5, 5.41) is 0. The molecule has 1 nitrogen and oxygen atoms in total. The summed E-state index contributed by atoms with van der Waals surface area (Å²) in [5.41, 5.74) is 6.30. The molecule has 2 heteroatoms. The highest BCUT2D eigenvalue weighted by molar-refractivity contribution is 5.66. The fourth-order valence-electron chi connectivity index (χ4n) is 3.76. The van der Waals surface area contributed by atoms with Crippen molar-refractivity contribution in [2.45, 2.75) is 19.4 Å². The summed E-state index contributed by atoms with van der Waals surface area (Å²) in [6.45, 7) is 4.22. The smallest absolute Gasteiger partial charge is 0.123 e. The molecule has 1 atom stereocenters. The van der Waals surface area contributed by atoms with E-state index in [1.54, 1.807) is 12.1 Å². The monoisotopic (exact) mass is 357 g/mol. The van der Waals surface area contributed by atoms with Crippen molar-refractivity contribution in [2.75, 3.05) is 13.1 Å². The highest BCUT2D eigenvalue weighted by Gasteiger charge is 2.19. The first-order chi connectivity index (χ1) is 13.2. The van der Waals surface area contributed by atoms with Gasteiger partial charge in [-0.1, -0.05) is 72.8 Å². The zero-order valence-corrected chi connectivity index (χ0v) is 15.6. The van der Waals surface area contributed by atoms with Crippen LogP contribution < -0.4 is 0 Å². The first-order valence-electron chi connectivity index (χ1n) is 9.55. The molecular formula is C25H24FN. The molecule has 136 valence electrons. The van der Waals surface area contributed by atoms with Crippen molar-refractivity contribution in [3.8, 4) is 11.1 Å². The molecule has 0 radical (unpaired) electrons. The Hall–Kier alpha value is -2.71. The fraction of sp³-hybridized carbons (Fsp3) is 0.200. The standard InChI is InChI=1S/C25H24FN/c1-19(20-7-9-22(10-8-20)21-5-3-2-4-6-21)27-17-15-24(16-18-27)23-11-13-25(26)14-12-23/h2-15,19H,16-18H2,1H3. The Morgan fingerprint density at radius 1 is 0.778 bits per heavy atom. The molecule has 0 saturated carbocycles. The van der Waals surface area contributed by atoms with Crippen LogP contribution >= 0.6 is 0 Å². The molecule has 1 heterocycles. The van der Waals surface area contributed by atoms with Crippen molar-refractivity contribution in [3.05, 3.63) is 102 Å². The van der Waals surface area contributed by atoms with Gasteiger partial charge in [0.25, 0.3) is 0 Å². The molecule has 1 aliphatic heterocycles. The normalized spacial score (nSPS) is 16.0. The van der Waals surface area contributed by atoms with E-state index in [1.165, 1.54) is 22.3 Å². The topological polar surface area (TPSA) is 3.24 Å². The minimum absolute atomic E-state index is 0.177. The van der Waals surface area contributed by atoms with Gasteiger partial charge in [0.05, 0.1) is 0 Å². The van der Waals surface area contributed by atoms with Gasteiger partial charge in [-0.25, -0.2) is 4.39 Å². The SMILES string of the molecule is CC(c1ccc(-c2ccccc2)cc1)N1CC=C(c2ccc(F)cc2)CC1. The zero-order valence-electron chi connectivity index (χ0n) is 15.6. The van der Waals surface area contributed by atoms with Crippen molar-refractivity contribution < 1.29 is 4.39 Å². The number of hydrogen-bond donors (Lipinski definition) is 0. The lowest BCUT2D eigenvalue weighted by atomic mass is 9.96. The first kappa shape index (κ1) is 17.7. The lowest BCUT2D eigenvalue weighted by Gasteiger charge is -2.32. The maximum absolute atomic E-state index is 13.1. The minimum Gasteiger partial charge on any atom is -0.293 e. The molecule has 1 aliphatic rings. The summed E-state index contributed by atoms with van der Waals surface area (Å²) in [4.78, 5) is 2.49. The summed E-state index contributed by atoms with van der Waals surface area (Å²) >= 11 is 0. The maximum Gasteiger partial charge on any atom is 0.123 e. The first-order valence-corrected chi connectivity index (χ1v) is 9.55. The number of halogens is 1. The van der Waals surface area contributed by atoms with E-state index in [4.69, 9.17) is 0 Å². The summed E-state index contributed by atoms with van der Waals surface area (Å²) in [7, 11) is 0. The van der Waals surface area contributed by atoms with Gasteiger partial charge in [0.1, 0.15) is 5.82 Å². The molecule has 0 fully saturated rings. The number of benzene rings is 3. The van der Waals surface area contributed by atoms with Crippen LogP contribution in [0.15, 0.2) is 84.9 Å². The maximum atomic E-state index is 13.1. The lowest BCUT2D eigenvalue weighted by Crippen LogP contribution is -2.31. The van der Waals surface area contributed by atoms with Crippen LogP contribution in [-0.2, 0) is 0 Å². The third kappa shape index (κ3) is 4.01. The van der Waals surface area contributed by atoms with Crippen LogP contribution in [0.5, 0.6) is 0 Å². The van der Waals surface area contributed by atoms with E-state index >= 15 is 0 Å². The molecule has 0 spiro atoms. The summed E-state index contributed by atoms with van der Waals surface area (Å²) in [5.74, 6) is -0.177. The molecular weight excluding hydrogens is 333 g/mol. The van der Waals surface area contributed by atoms with E-state index in [9.17, 15) is 4.39 Å². The fourth-order valence-corrected chi connectivity index (χ4v) is 3.76. The predicted molar refractivity (Wildman–Crippen MR) is 111 cm³/mol. The highest BCUT2D eigenvalue weighted by atomic mass is 19.1. The number of rotatable bonds is 4. The Bertz CT molecular complexity index is 911. The van der Waals surface area contributed by atoms with Crippen LogP contribution in [0.2, 0.25) is 0 Å². The Morgan fingerprint density at radius 3 is 2.04 bits per heavy atom. The van der Waals surface area contributed by atoms with E-state index < -0.39 is 0 Å². The molecule has 0 bridgehead atoms. The van der Waals surface area contributed by atoms with Crippen LogP contribution in [-0.4, -0.2) is 18.0 Å². The van der Waals surface area contributed by atoms with Crippen molar-refractivity contribution in [1.29, 1.82) is 0 Å². The number of nitrogens with zero attached hydrogens (tertiary/aromatic N) is 1. The summed E-state index contributed by atoms with van der Waals surface area (Å²) < 4.78 is 13.1. The van der Waals surface area contributed by atoms with Crippen molar-refractivity contribution in [1.82, 2.24) is 4.90 Å². The van der Waals surface area contributed by atoms with Gasteiger partial charge in [-0.05, 0) is 53.3 Å². The lowest BCUT2D eigenvalue weighted by molar-refractivity contribution is 0.233. The van der Waals surface area contributed by atoms with Gasteiger partial charge in [0.2, 0.25) is 0 Å². The second-order valence-corrected chi connectivity index (χ2v) is 7.15. The molecule has 4 rings (SSSR count). The summed E-state index contributed by atoms with van der Waals surface area (Å²) in [6, 6.07) is 26.6. The van der Waals surface area contributed by atoms with Gasteiger partial charge in [-0.2, -0.15) is 0 Å². The van der Waals surface area contributed by atoms with E-state index in [2.05, 4.69) is 66.4 Å². The van der Waals surface area contributed by atoms with E-state index in [1.807, 2.05) is 18.2 Å². The van der Waals surface area contributed by atoms with Crippen molar-refractivity contribution in [2.24, 2.45) is 0 Å². The van der Waals surface area contributed by atoms with Gasteiger partial charge in [0.15, 0.2) is 0 Å². The number of hydrogen-bond acceptors (Lipinski definition) is 1. The Labute approximate surface area is 160 Å². The Morgan fingerprint density at radius 2 is 1.41 bits per heavy atom. The molecule has 3 aromatic rings. The average Bonchev–Trinajstić information content (AvgIpc) is 2.75. The molecule has 0 N–H and O–H groups in total. The van der Waals surface area contributed by atoms with Crippen LogP contribution in [0.25, 0.3) is 16.7 Å². The van der Waals surface area contributed by atoms with Crippen LogP contribution in [0.3, 0.4) is 0 Å². The van der Waals surface area contributed by atoms with Gasteiger partial charge < -0.3 is 0 Å². The van der Waals surface area contributed by atoms with E-state index in [-0.39, 0.29) is 5.82 Å². The summed E-state index contributed by atoms with van der Waals surface area (Å²) in [6.07, 6.45) is 3.28. The van der Waals surface area contributed by atoms with Crippen LogP contribution in [0.1, 0.15) is 30.5 Å². The molecule has 0 saturated heterocycles. The Kier molecular flexibility index (Phi) is 5.17. The minimum atomic E-state index is -0.177. The zero-order chi connectivity index (χ0) is 18.6. The van der Waals surface area contributed by atoms with Gasteiger partial charge in [-0.15, -0.1) is 0 Å². The molecule has 0 amide bonds. The van der Waals surface area contributed by atoms with E-state index in [0.717, 1.165) is 25.1 Å². The van der Waals surface area contributed by atoms with E-state index in [0.29, 0.717) is 6.04 Å². The second kappa shape index (κ2) is 7.89. The van der Waals surface area contributed by atoms with Crippen molar-refractivity contribution in [3.63, 3.8) is 0 Å². The molecule has 0 aliphatic carbocycles. The molecule has 1 unspecified atom stereocenters. The molecule has 27 heavy (non-hydrogen) atoms. The quantitative estimate of drug-likeness (QED) is 0.526. The van der Waals surface area contributed by atoms with Crippen molar-refractivity contribution >= 4 is 5.57 Å². The van der Waals surface area contributed by atoms with Gasteiger partial charge in [0, 0.05) is 19.1 Å². The predicted octanol–water partition coefficient (Wildman–Crippen LogP) is 6.34. The largest absolute Gasteiger partial charge is 0.293 e. The highest BCUT2D eigenvalue weighted by Crippen LogP contribution is 2.29.